The van der Waals surface area contributed by atoms with Gasteiger partial charge in [-0.25, -0.2) is 0 Å². The van der Waals surface area contributed by atoms with E-state index in [9.17, 15) is 9.59 Å². The number of hydrogen-bond acceptors (Lipinski definition) is 7. The summed E-state index contributed by atoms with van der Waals surface area (Å²) in [7, 11) is 0. The molecule has 0 bridgehead atoms. The number of nitrogens with one attached hydrogen (secondary N) is 2. The van der Waals surface area contributed by atoms with Crippen molar-refractivity contribution in [3.8, 4) is 5.75 Å². The molecule has 2 amide bonds. The average molecular weight is 526 g/mol. The van der Waals surface area contributed by atoms with Gasteiger partial charge in [-0.05, 0) is 39.0 Å². The molecule has 0 spiro atoms. The molecule has 2 aromatic heterocycles. The molecule has 0 aliphatic heterocycles. The predicted octanol–water partition coefficient (Wildman–Crippen LogP) is 2.66. The van der Waals surface area contributed by atoms with Crippen molar-refractivity contribution >= 4 is 39.3 Å². The Kier molecular flexibility index (Phi) is 7.86. The van der Waals surface area contributed by atoms with Crippen LogP contribution in [0.25, 0.3) is 0 Å². The minimum absolute atomic E-state index is 0.176. The van der Waals surface area contributed by atoms with Crippen LogP contribution in [0.4, 0.5) is 0 Å². The number of carbonyl (C=O) groups is 2. The summed E-state index contributed by atoms with van der Waals surface area (Å²) < 4.78 is 13.1. The lowest BCUT2D eigenvalue weighted by Crippen LogP contribution is -2.40. The molecule has 0 saturated heterocycles. The lowest BCUT2D eigenvalue weighted by atomic mass is 10.3. The third-order valence-corrected chi connectivity index (χ3v) is 5.47. The van der Waals surface area contributed by atoms with Crippen LogP contribution in [-0.4, -0.2) is 50.9 Å². The van der Waals surface area contributed by atoms with Crippen LogP contribution < -0.4 is 15.4 Å². The van der Waals surface area contributed by atoms with Crippen LogP contribution in [0.2, 0.25) is 5.02 Å². The first-order valence-electron chi connectivity index (χ1n) is 9.75. The van der Waals surface area contributed by atoms with Crippen LogP contribution in [0.15, 0.2) is 33.3 Å². The Morgan fingerprint density at radius 1 is 1.28 bits per heavy atom. The molecule has 0 saturated carbocycles. The van der Waals surface area contributed by atoms with E-state index in [2.05, 4.69) is 41.8 Å². The summed E-state index contributed by atoms with van der Waals surface area (Å²) in [5.41, 5.74) is 1.47. The van der Waals surface area contributed by atoms with Crippen molar-refractivity contribution in [2.75, 3.05) is 13.1 Å². The van der Waals surface area contributed by atoms with E-state index in [0.29, 0.717) is 22.3 Å². The van der Waals surface area contributed by atoms with E-state index in [1.54, 1.807) is 30.7 Å². The average Bonchev–Trinajstić information content (AvgIpc) is 3.31. The number of benzene rings is 1. The van der Waals surface area contributed by atoms with Gasteiger partial charge < -0.3 is 19.9 Å². The van der Waals surface area contributed by atoms with Gasteiger partial charge in [0, 0.05) is 17.6 Å². The Bertz CT molecular complexity index is 1120. The normalized spacial score (nSPS) is 11.8. The molecule has 3 aromatic rings. The molecule has 0 radical (unpaired) electrons. The number of nitrogens with zero attached hydrogens (tertiary/aromatic N) is 4. The largest absolute Gasteiger partial charge is 0.481 e. The molecule has 1 atom stereocenters. The van der Waals surface area contributed by atoms with Crippen molar-refractivity contribution in [3.63, 3.8) is 0 Å². The first kappa shape index (κ1) is 23.7. The maximum atomic E-state index is 12.2. The van der Waals surface area contributed by atoms with Crippen molar-refractivity contribution in [3.05, 3.63) is 56.9 Å². The highest BCUT2D eigenvalue weighted by Gasteiger charge is 2.18. The number of ether oxygens (including phenoxy) is 1. The molecule has 2 N–H and O–H groups in total. The molecule has 10 nitrogen and oxygen atoms in total. The molecule has 32 heavy (non-hydrogen) atoms. The molecule has 2 heterocycles. The van der Waals surface area contributed by atoms with Crippen LogP contribution in [0, 0.1) is 13.8 Å². The third kappa shape index (κ3) is 6.07. The Morgan fingerprint density at radius 2 is 2.03 bits per heavy atom. The number of amides is 2. The van der Waals surface area contributed by atoms with Gasteiger partial charge in [0.25, 0.3) is 5.91 Å². The molecule has 1 aromatic carbocycles. The number of carbonyl (C=O) groups excluding carboxylic acids is 2. The quantitative estimate of drug-likeness (QED) is 0.412. The minimum Gasteiger partial charge on any atom is -0.481 e. The molecule has 0 aliphatic rings. The second kappa shape index (κ2) is 10.6. The molecule has 170 valence electrons. The summed E-state index contributed by atoms with van der Waals surface area (Å²) in [6.07, 6.45) is -0.693. The zero-order valence-corrected chi connectivity index (χ0v) is 20.0. The smallest absolute Gasteiger partial charge is 0.316 e. The second-order valence-corrected chi connectivity index (χ2v) is 8.22. The maximum Gasteiger partial charge on any atom is 0.316 e. The van der Waals surface area contributed by atoms with E-state index in [-0.39, 0.29) is 31.4 Å². The van der Waals surface area contributed by atoms with E-state index in [0.717, 1.165) is 10.2 Å². The molecule has 3 rings (SSSR count). The monoisotopic (exact) mass is 524 g/mol. The van der Waals surface area contributed by atoms with Gasteiger partial charge in [-0.2, -0.15) is 10.1 Å². The lowest BCUT2D eigenvalue weighted by molar-refractivity contribution is -0.127. The fourth-order valence-electron chi connectivity index (χ4n) is 2.75. The molecule has 0 aliphatic carbocycles. The van der Waals surface area contributed by atoms with Gasteiger partial charge in [0.2, 0.25) is 0 Å². The third-order valence-electron chi connectivity index (χ3n) is 4.43. The summed E-state index contributed by atoms with van der Waals surface area (Å²) >= 11 is 9.48. The van der Waals surface area contributed by atoms with Gasteiger partial charge in [-0.1, -0.05) is 38.8 Å². The summed E-state index contributed by atoms with van der Waals surface area (Å²) in [6.45, 7) is 5.89. The van der Waals surface area contributed by atoms with Crippen LogP contribution in [0.5, 0.6) is 5.75 Å². The fourth-order valence-corrected chi connectivity index (χ4v) is 3.27. The van der Waals surface area contributed by atoms with Gasteiger partial charge in [-0.15, -0.1) is 0 Å². The number of aromatic nitrogens is 4. The van der Waals surface area contributed by atoms with Gasteiger partial charge in [0.1, 0.15) is 12.3 Å². The maximum absolute atomic E-state index is 12.2. The fraction of sp³-hybridized carbons (Fsp3) is 0.350. The van der Waals surface area contributed by atoms with Crippen molar-refractivity contribution < 1.29 is 18.8 Å². The van der Waals surface area contributed by atoms with Crippen LogP contribution in [0.1, 0.15) is 34.8 Å². The number of hydrogen-bond donors (Lipinski definition) is 2. The number of halogens is 2. The lowest BCUT2D eigenvalue weighted by Gasteiger charge is -2.15. The van der Waals surface area contributed by atoms with E-state index in [4.69, 9.17) is 20.9 Å². The Labute approximate surface area is 197 Å². The molecule has 0 fully saturated rings. The van der Waals surface area contributed by atoms with Gasteiger partial charge in [-0.3, -0.25) is 14.3 Å². The van der Waals surface area contributed by atoms with Crippen molar-refractivity contribution in [2.45, 2.75) is 33.4 Å². The summed E-state index contributed by atoms with van der Waals surface area (Å²) in [6, 6.07) is 7.21. The summed E-state index contributed by atoms with van der Waals surface area (Å²) in [5.74, 6) is -0.148. The first-order valence-corrected chi connectivity index (χ1v) is 10.9. The Hall–Kier alpha value is -2.92. The molecular weight excluding hydrogens is 504 g/mol. The van der Waals surface area contributed by atoms with E-state index in [1.165, 1.54) is 0 Å². The standard InChI is InChI=1S/C20H22BrClN6O4/c1-11-17(22)12(2)28(26-11)10-16-25-20(32-27-16)19(30)24-8-7-23-18(29)13(3)31-15-6-4-5-14(21)9-15/h4-6,9,13H,7-8,10H2,1-3H3,(H,23,29)(H,24,30). The van der Waals surface area contributed by atoms with E-state index < -0.39 is 12.0 Å². The topological polar surface area (TPSA) is 124 Å². The predicted molar refractivity (Wildman–Crippen MR) is 120 cm³/mol. The summed E-state index contributed by atoms with van der Waals surface area (Å²) in [5, 5.41) is 14.0. The highest BCUT2D eigenvalue weighted by molar-refractivity contribution is 9.10. The highest BCUT2D eigenvalue weighted by Crippen LogP contribution is 2.20. The van der Waals surface area contributed by atoms with Crippen molar-refractivity contribution in [1.29, 1.82) is 0 Å². The second-order valence-electron chi connectivity index (χ2n) is 6.92. The highest BCUT2D eigenvalue weighted by atomic mass is 79.9. The molecule has 1 unspecified atom stereocenters. The van der Waals surface area contributed by atoms with E-state index in [1.807, 2.05) is 19.1 Å². The van der Waals surface area contributed by atoms with Crippen LogP contribution >= 0.6 is 27.5 Å². The van der Waals surface area contributed by atoms with Gasteiger partial charge >= 0.3 is 11.8 Å². The van der Waals surface area contributed by atoms with Gasteiger partial charge in [0.05, 0.1) is 16.4 Å². The van der Waals surface area contributed by atoms with Crippen molar-refractivity contribution in [1.82, 2.24) is 30.6 Å². The zero-order valence-electron chi connectivity index (χ0n) is 17.7. The first-order chi connectivity index (χ1) is 15.2. The molecular formula is C20H22BrClN6O4. The zero-order chi connectivity index (χ0) is 23.3. The van der Waals surface area contributed by atoms with Crippen LogP contribution in [-0.2, 0) is 11.3 Å². The summed E-state index contributed by atoms with van der Waals surface area (Å²) in [4.78, 5) is 28.4. The van der Waals surface area contributed by atoms with E-state index >= 15 is 0 Å². The minimum atomic E-state index is -0.693. The number of aryl methyl sites for hydroxylation is 1. The Balaban J connectivity index is 1.42. The SMILES string of the molecule is Cc1nn(Cc2noc(C(=O)NCCNC(=O)C(C)Oc3cccc(Br)c3)n2)c(C)c1Cl. The Morgan fingerprint density at radius 3 is 2.72 bits per heavy atom. The van der Waals surface area contributed by atoms with Crippen LogP contribution in [0.3, 0.4) is 0 Å². The van der Waals surface area contributed by atoms with Gasteiger partial charge in [0.15, 0.2) is 11.9 Å². The van der Waals surface area contributed by atoms with Crippen molar-refractivity contribution in [2.24, 2.45) is 0 Å². The number of rotatable bonds is 9. The molecule has 12 heteroatoms.